The zero-order valence-electron chi connectivity index (χ0n) is 10.3. The summed E-state index contributed by atoms with van der Waals surface area (Å²) in [6.07, 6.45) is 3.01. The molecule has 0 bridgehead atoms. The zero-order chi connectivity index (χ0) is 12.7. The Labute approximate surface area is 105 Å². The minimum absolute atomic E-state index is 0.260. The van der Waals surface area contributed by atoms with Gasteiger partial charge >= 0.3 is 5.97 Å². The van der Waals surface area contributed by atoms with E-state index in [2.05, 4.69) is 22.4 Å². The van der Waals surface area contributed by atoms with Crippen LogP contribution in [0.3, 0.4) is 0 Å². The molecule has 0 aromatic carbocycles. The summed E-state index contributed by atoms with van der Waals surface area (Å²) in [6, 6.07) is 0. The van der Waals surface area contributed by atoms with Crippen LogP contribution in [0.25, 0.3) is 0 Å². The zero-order valence-corrected chi connectivity index (χ0v) is 11.1. The molecule has 1 aromatic rings. The van der Waals surface area contributed by atoms with Crippen LogP contribution in [0.2, 0.25) is 0 Å². The Morgan fingerprint density at radius 1 is 1.47 bits per heavy atom. The van der Waals surface area contributed by atoms with Gasteiger partial charge in [0, 0.05) is 13.0 Å². The minimum Gasteiger partial charge on any atom is -0.481 e. The first-order chi connectivity index (χ1) is 8.11. The van der Waals surface area contributed by atoms with Gasteiger partial charge in [0.25, 0.3) is 0 Å². The highest BCUT2D eigenvalue weighted by Gasteiger charge is 2.09. The quantitative estimate of drug-likeness (QED) is 0.748. The largest absolute Gasteiger partial charge is 0.481 e. The second-order valence-corrected chi connectivity index (χ2v) is 5.23. The number of nitrogens with zero attached hydrogens (tertiary/aromatic N) is 2. The van der Waals surface area contributed by atoms with E-state index < -0.39 is 5.97 Å². The number of aromatic nitrogens is 2. The monoisotopic (exact) mass is 257 g/mol. The van der Waals surface area contributed by atoms with Gasteiger partial charge in [-0.3, -0.25) is 4.79 Å². The highest BCUT2D eigenvalue weighted by atomic mass is 32.1. The van der Waals surface area contributed by atoms with Crippen molar-refractivity contribution < 1.29 is 9.90 Å². The lowest BCUT2D eigenvalue weighted by Gasteiger charge is -2.13. The highest BCUT2D eigenvalue weighted by molar-refractivity contribution is 7.15. The van der Waals surface area contributed by atoms with Crippen LogP contribution in [0.15, 0.2) is 0 Å². The van der Waals surface area contributed by atoms with Crippen LogP contribution in [-0.2, 0) is 4.79 Å². The van der Waals surface area contributed by atoms with Crippen LogP contribution in [-0.4, -0.2) is 27.8 Å². The standard InChI is InChI=1S/C11H19N3O2S/c1-3-9(4-5-10(15)16)6-7-12-11-14-13-8(2)17-11/h9H,3-7H2,1-2H3,(H,12,14)(H,15,16). The molecule has 0 aliphatic rings. The Hall–Kier alpha value is -1.17. The molecular weight excluding hydrogens is 238 g/mol. The van der Waals surface area contributed by atoms with Gasteiger partial charge in [-0.25, -0.2) is 0 Å². The molecule has 96 valence electrons. The van der Waals surface area contributed by atoms with Crippen molar-refractivity contribution in [1.29, 1.82) is 0 Å². The van der Waals surface area contributed by atoms with E-state index in [0.717, 1.165) is 35.9 Å². The molecule has 0 aliphatic heterocycles. The summed E-state index contributed by atoms with van der Waals surface area (Å²) < 4.78 is 0. The molecule has 0 radical (unpaired) electrons. The maximum atomic E-state index is 10.5. The first-order valence-corrected chi connectivity index (χ1v) is 6.69. The van der Waals surface area contributed by atoms with Gasteiger partial charge < -0.3 is 10.4 Å². The average Bonchev–Trinajstić information content (AvgIpc) is 2.69. The predicted molar refractivity (Wildman–Crippen MR) is 68.4 cm³/mol. The van der Waals surface area contributed by atoms with Crippen molar-refractivity contribution in [3.8, 4) is 0 Å². The van der Waals surface area contributed by atoms with E-state index in [1.54, 1.807) is 0 Å². The van der Waals surface area contributed by atoms with E-state index in [9.17, 15) is 4.79 Å². The molecular formula is C11H19N3O2S. The van der Waals surface area contributed by atoms with E-state index >= 15 is 0 Å². The SMILES string of the molecule is CCC(CCNc1nnc(C)s1)CCC(=O)O. The van der Waals surface area contributed by atoms with Crippen LogP contribution in [0.4, 0.5) is 5.13 Å². The summed E-state index contributed by atoms with van der Waals surface area (Å²) >= 11 is 1.54. The molecule has 6 heteroatoms. The number of carbonyl (C=O) groups is 1. The van der Waals surface area contributed by atoms with Gasteiger partial charge in [-0.15, -0.1) is 10.2 Å². The summed E-state index contributed by atoms with van der Waals surface area (Å²) in [4.78, 5) is 10.5. The molecule has 0 saturated carbocycles. The lowest BCUT2D eigenvalue weighted by molar-refractivity contribution is -0.137. The maximum absolute atomic E-state index is 10.5. The van der Waals surface area contributed by atoms with E-state index in [4.69, 9.17) is 5.11 Å². The molecule has 0 amide bonds. The molecule has 0 fully saturated rings. The third-order valence-corrected chi connectivity index (χ3v) is 3.50. The van der Waals surface area contributed by atoms with Gasteiger partial charge in [0.2, 0.25) is 5.13 Å². The van der Waals surface area contributed by atoms with Crippen LogP contribution < -0.4 is 5.32 Å². The van der Waals surface area contributed by atoms with Crippen LogP contribution >= 0.6 is 11.3 Å². The van der Waals surface area contributed by atoms with E-state index in [1.807, 2.05) is 6.92 Å². The second-order valence-electron chi connectivity index (χ2n) is 4.05. The predicted octanol–water partition coefficient (Wildman–Crippen LogP) is 2.54. The Morgan fingerprint density at radius 2 is 2.24 bits per heavy atom. The maximum Gasteiger partial charge on any atom is 0.303 e. The molecule has 2 N–H and O–H groups in total. The van der Waals surface area contributed by atoms with E-state index in [1.165, 1.54) is 11.3 Å². The van der Waals surface area contributed by atoms with E-state index in [-0.39, 0.29) is 6.42 Å². The van der Waals surface area contributed by atoms with Crippen molar-refractivity contribution in [1.82, 2.24) is 10.2 Å². The van der Waals surface area contributed by atoms with Gasteiger partial charge in [-0.1, -0.05) is 24.7 Å². The van der Waals surface area contributed by atoms with Crippen molar-refractivity contribution in [2.24, 2.45) is 5.92 Å². The molecule has 0 aliphatic carbocycles. The molecule has 1 rings (SSSR count). The second kappa shape index (κ2) is 7.21. The van der Waals surface area contributed by atoms with E-state index in [0.29, 0.717) is 5.92 Å². The van der Waals surface area contributed by atoms with Gasteiger partial charge in [0.05, 0.1) is 0 Å². The van der Waals surface area contributed by atoms with Gasteiger partial charge in [0.1, 0.15) is 5.01 Å². The van der Waals surface area contributed by atoms with Crippen molar-refractivity contribution in [3.63, 3.8) is 0 Å². The smallest absolute Gasteiger partial charge is 0.303 e. The summed E-state index contributed by atoms with van der Waals surface area (Å²) in [5.74, 6) is -0.247. The van der Waals surface area contributed by atoms with Crippen molar-refractivity contribution >= 4 is 22.4 Å². The highest BCUT2D eigenvalue weighted by Crippen LogP contribution is 2.17. The van der Waals surface area contributed by atoms with Crippen molar-refractivity contribution in [2.75, 3.05) is 11.9 Å². The van der Waals surface area contributed by atoms with Crippen molar-refractivity contribution in [2.45, 2.75) is 39.5 Å². The number of carboxylic acids is 1. The minimum atomic E-state index is -0.712. The summed E-state index contributed by atoms with van der Waals surface area (Å²) in [6.45, 7) is 4.85. The molecule has 1 aromatic heterocycles. The van der Waals surface area contributed by atoms with Crippen molar-refractivity contribution in [3.05, 3.63) is 5.01 Å². The number of carboxylic acid groups (broad SMARTS) is 1. The van der Waals surface area contributed by atoms with Gasteiger partial charge in [0.15, 0.2) is 0 Å². The number of aryl methyl sites for hydroxylation is 1. The summed E-state index contributed by atoms with van der Waals surface area (Å²) in [7, 11) is 0. The fraction of sp³-hybridized carbons (Fsp3) is 0.727. The number of rotatable bonds is 8. The fourth-order valence-corrected chi connectivity index (χ4v) is 2.25. The number of nitrogens with one attached hydrogen (secondary N) is 1. The molecule has 0 spiro atoms. The average molecular weight is 257 g/mol. The lowest BCUT2D eigenvalue weighted by Crippen LogP contribution is -2.10. The molecule has 17 heavy (non-hydrogen) atoms. The summed E-state index contributed by atoms with van der Waals surface area (Å²) in [5.41, 5.74) is 0. The third-order valence-electron chi connectivity index (χ3n) is 2.70. The Bertz CT molecular complexity index is 354. The number of anilines is 1. The Morgan fingerprint density at radius 3 is 2.76 bits per heavy atom. The lowest BCUT2D eigenvalue weighted by atomic mass is 9.97. The van der Waals surface area contributed by atoms with Crippen LogP contribution in [0, 0.1) is 12.8 Å². The van der Waals surface area contributed by atoms with Gasteiger partial charge in [-0.05, 0) is 25.7 Å². The number of hydrogen-bond donors (Lipinski definition) is 2. The van der Waals surface area contributed by atoms with Crippen LogP contribution in [0.5, 0.6) is 0 Å². The normalized spacial score (nSPS) is 12.4. The summed E-state index contributed by atoms with van der Waals surface area (Å²) in [5, 5.41) is 21.5. The first kappa shape index (κ1) is 13.9. The molecule has 1 heterocycles. The molecule has 5 nitrogen and oxygen atoms in total. The van der Waals surface area contributed by atoms with Crippen LogP contribution in [0.1, 0.15) is 37.6 Å². The molecule has 0 saturated heterocycles. The number of hydrogen-bond acceptors (Lipinski definition) is 5. The van der Waals surface area contributed by atoms with Gasteiger partial charge in [-0.2, -0.15) is 0 Å². The Balaban J connectivity index is 2.21. The number of aliphatic carboxylic acids is 1. The molecule has 1 unspecified atom stereocenters. The Kier molecular flexibility index (Phi) is 5.90. The molecule has 1 atom stereocenters. The third kappa shape index (κ3) is 5.63. The first-order valence-electron chi connectivity index (χ1n) is 5.87. The fourth-order valence-electron chi connectivity index (χ4n) is 1.63. The topological polar surface area (TPSA) is 75.1 Å².